The minimum absolute atomic E-state index is 0.570. The molecule has 0 saturated carbocycles. The van der Waals surface area contributed by atoms with Crippen molar-refractivity contribution in [1.82, 2.24) is 14.9 Å². The summed E-state index contributed by atoms with van der Waals surface area (Å²) in [5, 5.41) is 11.8. The first-order chi connectivity index (χ1) is 8.88. The van der Waals surface area contributed by atoms with Gasteiger partial charge in [0, 0.05) is 0 Å². The molecule has 0 aliphatic heterocycles. The molecule has 1 aromatic heterocycles. The molecule has 0 saturated heterocycles. The lowest BCUT2D eigenvalue weighted by Crippen LogP contribution is -2.04. The Labute approximate surface area is 107 Å². The maximum Gasteiger partial charge on any atom is 0.416 e. The van der Waals surface area contributed by atoms with Gasteiger partial charge < -0.3 is 0 Å². The van der Waals surface area contributed by atoms with Gasteiger partial charge in [0.25, 0.3) is 0 Å². The van der Waals surface area contributed by atoms with Crippen molar-refractivity contribution in [3.63, 3.8) is 0 Å². The van der Waals surface area contributed by atoms with Gasteiger partial charge in [0.15, 0.2) is 11.6 Å². The number of benzene rings is 1. The van der Waals surface area contributed by atoms with Gasteiger partial charge in [-0.2, -0.15) is 18.3 Å². The predicted octanol–water partition coefficient (Wildman–Crippen LogP) is 2.80. The van der Waals surface area contributed by atoms with Crippen LogP contribution in [-0.4, -0.2) is 21.1 Å². The minimum Gasteiger partial charge on any atom is -0.202 e. The number of halogens is 3. The largest absolute Gasteiger partial charge is 0.416 e. The number of aryl methyl sites for hydroxylation is 2. The van der Waals surface area contributed by atoms with E-state index in [-0.39, 0.29) is 0 Å². The molecule has 0 spiro atoms. The maximum absolute atomic E-state index is 12.4. The van der Waals surface area contributed by atoms with Crippen LogP contribution in [0.1, 0.15) is 22.8 Å². The number of alkyl halides is 3. The third kappa shape index (κ3) is 2.98. The number of hydrogen-bond acceptors (Lipinski definition) is 3. The molecule has 1 aromatic carbocycles. The van der Waals surface area contributed by atoms with Crippen molar-refractivity contribution < 1.29 is 13.2 Å². The van der Waals surface area contributed by atoms with Crippen LogP contribution in [-0.2, 0) is 6.18 Å². The molecule has 0 amide bonds. The van der Waals surface area contributed by atoms with Gasteiger partial charge in [-0.3, -0.25) is 0 Å². The summed E-state index contributed by atoms with van der Waals surface area (Å²) in [6, 6.07) is 4.77. The van der Waals surface area contributed by atoms with E-state index in [1.54, 1.807) is 13.8 Å². The third-order valence-corrected chi connectivity index (χ3v) is 2.51. The quantitative estimate of drug-likeness (QED) is 0.786. The molecule has 7 heteroatoms. The van der Waals surface area contributed by atoms with Crippen LogP contribution in [0.4, 0.5) is 13.2 Å². The molecule has 2 rings (SSSR count). The Morgan fingerprint density at radius 3 is 2.05 bits per heavy atom. The van der Waals surface area contributed by atoms with Crippen molar-refractivity contribution in [2.45, 2.75) is 20.0 Å². The standard InChI is InChI=1S/C12H11F3N4/c1-8-17-18-9(2)19(8)16-7-10-3-5-11(6-4-10)12(13,14)15/h3-7H,1-2H3. The molecule has 0 unspecified atom stereocenters. The van der Waals surface area contributed by atoms with Crippen LogP contribution >= 0.6 is 0 Å². The van der Waals surface area contributed by atoms with Crippen LogP contribution in [0.25, 0.3) is 0 Å². The highest BCUT2D eigenvalue weighted by Gasteiger charge is 2.29. The van der Waals surface area contributed by atoms with Gasteiger partial charge >= 0.3 is 6.18 Å². The first-order valence-electron chi connectivity index (χ1n) is 5.48. The third-order valence-electron chi connectivity index (χ3n) is 2.51. The van der Waals surface area contributed by atoms with Crippen molar-refractivity contribution >= 4 is 6.21 Å². The van der Waals surface area contributed by atoms with Gasteiger partial charge in [-0.25, -0.2) is 4.68 Å². The number of aromatic nitrogens is 3. The Bertz CT molecular complexity index is 577. The monoisotopic (exact) mass is 268 g/mol. The van der Waals surface area contributed by atoms with E-state index in [4.69, 9.17) is 0 Å². The Balaban J connectivity index is 2.21. The lowest BCUT2D eigenvalue weighted by molar-refractivity contribution is -0.137. The first-order valence-corrected chi connectivity index (χ1v) is 5.48. The Hall–Kier alpha value is -2.18. The summed E-state index contributed by atoms with van der Waals surface area (Å²) in [6.07, 6.45) is -2.86. The van der Waals surface area contributed by atoms with E-state index < -0.39 is 11.7 Å². The molecule has 2 aromatic rings. The summed E-state index contributed by atoms with van der Waals surface area (Å²) < 4.78 is 38.7. The van der Waals surface area contributed by atoms with E-state index in [1.165, 1.54) is 23.0 Å². The number of nitrogens with zero attached hydrogens (tertiary/aromatic N) is 4. The van der Waals surface area contributed by atoms with Gasteiger partial charge in [0.2, 0.25) is 0 Å². The summed E-state index contributed by atoms with van der Waals surface area (Å²) in [6.45, 7) is 3.48. The zero-order valence-electron chi connectivity index (χ0n) is 10.3. The van der Waals surface area contributed by atoms with Gasteiger partial charge in [-0.15, -0.1) is 10.2 Å². The van der Waals surface area contributed by atoms with Gasteiger partial charge in [0.05, 0.1) is 11.8 Å². The van der Waals surface area contributed by atoms with Crippen LogP contribution in [0.15, 0.2) is 29.4 Å². The molecule has 0 aliphatic rings. The maximum atomic E-state index is 12.4. The van der Waals surface area contributed by atoms with Crippen LogP contribution in [0.2, 0.25) is 0 Å². The predicted molar refractivity (Wildman–Crippen MR) is 63.9 cm³/mol. The van der Waals surface area contributed by atoms with Crippen molar-refractivity contribution in [1.29, 1.82) is 0 Å². The zero-order chi connectivity index (χ0) is 14.0. The van der Waals surface area contributed by atoms with Crippen molar-refractivity contribution in [3.8, 4) is 0 Å². The number of rotatable bonds is 2. The summed E-state index contributed by atoms with van der Waals surface area (Å²) in [5.41, 5.74) is -0.109. The summed E-state index contributed by atoms with van der Waals surface area (Å²) in [4.78, 5) is 0. The second-order valence-electron chi connectivity index (χ2n) is 3.97. The van der Waals surface area contributed by atoms with Crippen LogP contribution in [0.5, 0.6) is 0 Å². The summed E-state index contributed by atoms with van der Waals surface area (Å²) in [5.74, 6) is 1.22. The molecule has 0 radical (unpaired) electrons. The van der Waals surface area contributed by atoms with E-state index in [0.29, 0.717) is 17.2 Å². The molecule has 0 N–H and O–H groups in total. The molecule has 4 nitrogen and oxygen atoms in total. The van der Waals surface area contributed by atoms with Crippen molar-refractivity contribution in [2.75, 3.05) is 0 Å². The van der Waals surface area contributed by atoms with Gasteiger partial charge in [-0.05, 0) is 31.5 Å². The van der Waals surface area contributed by atoms with E-state index in [1.807, 2.05) is 0 Å². The molecule has 0 atom stereocenters. The second kappa shape index (κ2) is 4.83. The average Bonchev–Trinajstić information content (AvgIpc) is 2.66. The fourth-order valence-electron chi connectivity index (χ4n) is 1.51. The smallest absolute Gasteiger partial charge is 0.202 e. The zero-order valence-corrected chi connectivity index (χ0v) is 10.3. The Morgan fingerprint density at radius 2 is 1.58 bits per heavy atom. The van der Waals surface area contributed by atoms with E-state index >= 15 is 0 Å². The molecule has 0 bridgehead atoms. The Kier molecular flexibility index (Phi) is 3.37. The van der Waals surface area contributed by atoms with Gasteiger partial charge in [0.1, 0.15) is 0 Å². The topological polar surface area (TPSA) is 43.1 Å². The molecule has 19 heavy (non-hydrogen) atoms. The average molecular weight is 268 g/mol. The Morgan fingerprint density at radius 1 is 1.05 bits per heavy atom. The number of hydrogen-bond donors (Lipinski definition) is 0. The molecular formula is C12H11F3N4. The van der Waals surface area contributed by atoms with Crippen molar-refractivity contribution in [2.24, 2.45) is 5.10 Å². The lowest BCUT2D eigenvalue weighted by Gasteiger charge is -2.05. The highest BCUT2D eigenvalue weighted by Crippen LogP contribution is 2.28. The second-order valence-corrected chi connectivity index (χ2v) is 3.97. The highest BCUT2D eigenvalue weighted by molar-refractivity contribution is 5.79. The van der Waals surface area contributed by atoms with Crippen LogP contribution < -0.4 is 0 Å². The van der Waals surface area contributed by atoms with E-state index in [2.05, 4.69) is 15.3 Å². The van der Waals surface area contributed by atoms with Crippen molar-refractivity contribution in [3.05, 3.63) is 47.0 Å². The van der Waals surface area contributed by atoms with Crippen LogP contribution in [0.3, 0.4) is 0 Å². The highest BCUT2D eigenvalue weighted by atomic mass is 19.4. The molecular weight excluding hydrogens is 257 g/mol. The molecule has 100 valence electrons. The first kappa shape index (κ1) is 13.3. The van der Waals surface area contributed by atoms with Gasteiger partial charge in [-0.1, -0.05) is 12.1 Å². The van der Waals surface area contributed by atoms with E-state index in [9.17, 15) is 13.2 Å². The fourth-order valence-corrected chi connectivity index (χ4v) is 1.51. The summed E-state index contributed by atoms with van der Waals surface area (Å²) >= 11 is 0. The SMILES string of the molecule is Cc1nnc(C)n1N=Cc1ccc(C(F)(F)F)cc1. The van der Waals surface area contributed by atoms with E-state index in [0.717, 1.165) is 12.1 Å². The minimum atomic E-state index is -4.32. The van der Waals surface area contributed by atoms with Crippen LogP contribution in [0, 0.1) is 13.8 Å². The lowest BCUT2D eigenvalue weighted by atomic mass is 10.1. The fraction of sp³-hybridized carbons (Fsp3) is 0.250. The molecule has 0 fully saturated rings. The molecule has 1 heterocycles. The normalized spacial score (nSPS) is 12.3. The molecule has 0 aliphatic carbocycles. The summed E-state index contributed by atoms with van der Waals surface area (Å²) in [7, 11) is 0.